The van der Waals surface area contributed by atoms with E-state index >= 15 is 0 Å². The smallest absolute Gasteiger partial charge is 0.161 e. The monoisotopic (exact) mass is 510 g/mol. The molecular weight excluding hydrogens is 480 g/mol. The van der Waals surface area contributed by atoms with Crippen molar-refractivity contribution in [1.29, 1.82) is 0 Å². The second kappa shape index (κ2) is 11.4. The Kier molecular flexibility index (Phi) is 8.64. The summed E-state index contributed by atoms with van der Waals surface area (Å²) in [5, 5.41) is 0. The number of hydrogen-bond acceptors (Lipinski definition) is 5. The molecule has 0 radical (unpaired) electrons. The Morgan fingerprint density at radius 1 is 1.03 bits per heavy atom. The zero-order valence-electron chi connectivity index (χ0n) is 19.7. The van der Waals surface area contributed by atoms with Crippen LogP contribution < -0.4 is 9.47 Å². The van der Waals surface area contributed by atoms with Crippen LogP contribution in [-0.4, -0.2) is 43.5 Å². The zero-order chi connectivity index (χ0) is 23.8. The number of rotatable bonds is 11. The molecule has 2 aromatic carbocycles. The van der Waals surface area contributed by atoms with Crippen molar-refractivity contribution in [3.05, 3.63) is 88.2 Å². The number of ketones is 1. The van der Waals surface area contributed by atoms with Crippen molar-refractivity contribution in [3.8, 4) is 11.5 Å². The fourth-order valence-corrected chi connectivity index (χ4v) is 4.60. The van der Waals surface area contributed by atoms with Gasteiger partial charge in [-0.3, -0.25) is 4.79 Å². The van der Waals surface area contributed by atoms with Gasteiger partial charge < -0.3 is 14.4 Å². The maximum atomic E-state index is 13.4. The molecule has 0 bridgehead atoms. The number of carbonyl (C=O) groups is 1. The topological polar surface area (TPSA) is 51.7 Å². The van der Waals surface area contributed by atoms with Gasteiger partial charge in [-0.05, 0) is 84.2 Å². The van der Waals surface area contributed by atoms with Crippen LogP contribution in [0.2, 0.25) is 0 Å². The van der Waals surface area contributed by atoms with Crippen LogP contribution in [0, 0.1) is 0 Å². The summed E-state index contributed by atoms with van der Waals surface area (Å²) in [5.41, 5.74) is 2.41. The van der Waals surface area contributed by atoms with E-state index in [0.29, 0.717) is 24.3 Å². The molecule has 3 aromatic rings. The lowest BCUT2D eigenvalue weighted by molar-refractivity contribution is -0.122. The molecule has 33 heavy (non-hydrogen) atoms. The molecule has 1 unspecified atom stereocenters. The van der Waals surface area contributed by atoms with Gasteiger partial charge in [0, 0.05) is 12.7 Å². The van der Waals surface area contributed by atoms with E-state index in [1.165, 1.54) is 5.56 Å². The summed E-state index contributed by atoms with van der Waals surface area (Å²) in [5.74, 6) is 1.37. The molecule has 0 aliphatic heterocycles. The Morgan fingerprint density at radius 3 is 2.39 bits per heavy atom. The van der Waals surface area contributed by atoms with E-state index < -0.39 is 5.41 Å². The molecule has 0 N–H and O–H groups in total. The lowest BCUT2D eigenvalue weighted by Gasteiger charge is -2.34. The van der Waals surface area contributed by atoms with E-state index in [-0.39, 0.29) is 5.78 Å². The van der Waals surface area contributed by atoms with Gasteiger partial charge in [-0.1, -0.05) is 42.5 Å². The number of nitrogens with zero attached hydrogens (tertiary/aromatic N) is 2. The third-order valence-electron chi connectivity index (χ3n) is 6.15. The minimum absolute atomic E-state index is 0.110. The first-order chi connectivity index (χ1) is 15.9. The number of hydrogen-bond donors (Lipinski definition) is 0. The van der Waals surface area contributed by atoms with Gasteiger partial charge in [0.05, 0.1) is 19.6 Å². The van der Waals surface area contributed by atoms with Gasteiger partial charge in [0.15, 0.2) is 11.5 Å². The number of methoxy groups -OCH3 is 2. The molecule has 0 aliphatic carbocycles. The van der Waals surface area contributed by atoms with Crippen molar-refractivity contribution in [2.75, 3.05) is 27.8 Å². The minimum atomic E-state index is -0.740. The van der Waals surface area contributed by atoms with Crippen LogP contribution in [0.4, 0.5) is 0 Å². The van der Waals surface area contributed by atoms with Gasteiger partial charge in [-0.25, -0.2) is 4.98 Å². The number of carbonyl (C=O) groups excluding carboxylic acids is 1. The second-order valence-corrected chi connectivity index (χ2v) is 9.06. The molecule has 0 fully saturated rings. The van der Waals surface area contributed by atoms with Crippen LogP contribution >= 0.6 is 15.9 Å². The lowest BCUT2D eigenvalue weighted by Crippen LogP contribution is -2.40. The Morgan fingerprint density at radius 2 is 1.76 bits per heavy atom. The molecule has 174 valence electrons. The molecule has 0 saturated carbocycles. The summed E-state index contributed by atoms with van der Waals surface area (Å²) < 4.78 is 11.8. The Hall–Kier alpha value is -2.70. The Labute approximate surface area is 204 Å². The summed E-state index contributed by atoms with van der Waals surface area (Å²) in [7, 11) is 5.32. The van der Waals surface area contributed by atoms with Crippen molar-refractivity contribution in [2.45, 2.75) is 31.7 Å². The van der Waals surface area contributed by atoms with Gasteiger partial charge in [-0.2, -0.15) is 0 Å². The normalized spacial score (nSPS) is 12.9. The predicted octanol–water partition coefficient (Wildman–Crippen LogP) is 5.45. The van der Waals surface area contributed by atoms with Crippen LogP contribution in [0.5, 0.6) is 11.5 Å². The molecular formula is C27H31BrN2O3. The molecule has 3 rings (SSSR count). The summed E-state index contributed by atoms with van der Waals surface area (Å²) in [6.07, 6.45) is 2.93. The highest BCUT2D eigenvalue weighted by atomic mass is 79.9. The van der Waals surface area contributed by atoms with E-state index in [9.17, 15) is 4.79 Å². The second-order valence-electron chi connectivity index (χ2n) is 8.31. The highest BCUT2D eigenvalue weighted by Gasteiger charge is 2.38. The maximum absolute atomic E-state index is 13.4. The molecule has 1 heterocycles. The number of Topliss-reactive ketones (excluding diaryl/α,β-unsaturated/α-hetero) is 1. The predicted molar refractivity (Wildman–Crippen MR) is 135 cm³/mol. The number of halogens is 1. The first kappa shape index (κ1) is 24.9. The highest BCUT2D eigenvalue weighted by molar-refractivity contribution is 9.10. The zero-order valence-corrected chi connectivity index (χ0v) is 21.3. The average Bonchev–Trinajstić information content (AvgIpc) is 2.83. The van der Waals surface area contributed by atoms with Crippen molar-refractivity contribution in [2.24, 2.45) is 0 Å². The van der Waals surface area contributed by atoms with Crippen molar-refractivity contribution < 1.29 is 14.3 Å². The van der Waals surface area contributed by atoms with Crippen molar-refractivity contribution in [3.63, 3.8) is 0 Å². The average molecular weight is 511 g/mol. The van der Waals surface area contributed by atoms with Gasteiger partial charge in [0.2, 0.25) is 0 Å². The molecule has 5 nitrogen and oxygen atoms in total. The SMILES string of the molecule is COc1ccc(C(CCN(C)Cc2ccccc2)(Cc2cccnc2Br)C(C)=O)cc1OC. The minimum Gasteiger partial charge on any atom is -0.493 e. The van der Waals surface area contributed by atoms with Gasteiger partial charge in [0.25, 0.3) is 0 Å². The van der Waals surface area contributed by atoms with Crippen LogP contribution in [0.25, 0.3) is 0 Å². The quantitative estimate of drug-likeness (QED) is 0.321. The van der Waals surface area contributed by atoms with E-state index in [4.69, 9.17) is 9.47 Å². The summed E-state index contributed by atoms with van der Waals surface area (Å²) >= 11 is 3.57. The largest absolute Gasteiger partial charge is 0.493 e. The van der Waals surface area contributed by atoms with Crippen LogP contribution in [-0.2, 0) is 23.2 Å². The van der Waals surface area contributed by atoms with Crippen LogP contribution in [0.1, 0.15) is 30.0 Å². The lowest BCUT2D eigenvalue weighted by atomic mass is 9.70. The van der Waals surface area contributed by atoms with E-state index in [0.717, 1.165) is 28.8 Å². The Balaban J connectivity index is 1.98. The number of pyridine rings is 1. The van der Waals surface area contributed by atoms with Gasteiger partial charge in [0.1, 0.15) is 10.4 Å². The molecule has 0 saturated heterocycles. The summed E-state index contributed by atoms with van der Waals surface area (Å²) in [4.78, 5) is 20.0. The molecule has 0 spiro atoms. The molecule has 1 atom stereocenters. The maximum Gasteiger partial charge on any atom is 0.161 e. The van der Waals surface area contributed by atoms with Crippen LogP contribution in [0.15, 0.2) is 71.5 Å². The van der Waals surface area contributed by atoms with Crippen molar-refractivity contribution >= 4 is 21.7 Å². The number of benzene rings is 2. The first-order valence-corrected chi connectivity index (χ1v) is 11.7. The van der Waals surface area contributed by atoms with Gasteiger partial charge >= 0.3 is 0 Å². The summed E-state index contributed by atoms with van der Waals surface area (Å²) in [6, 6.07) is 20.1. The van der Waals surface area contributed by atoms with E-state index in [1.807, 2.05) is 48.5 Å². The third-order valence-corrected chi connectivity index (χ3v) is 6.87. The molecule has 0 amide bonds. The fourth-order valence-electron chi connectivity index (χ4n) is 4.20. The number of ether oxygens (including phenoxy) is 2. The number of aromatic nitrogens is 1. The molecule has 1 aromatic heterocycles. The van der Waals surface area contributed by atoms with Gasteiger partial charge in [-0.15, -0.1) is 0 Å². The van der Waals surface area contributed by atoms with E-state index in [2.05, 4.69) is 45.0 Å². The summed E-state index contributed by atoms with van der Waals surface area (Å²) in [6.45, 7) is 3.25. The third kappa shape index (κ3) is 6.01. The standard InChI is InChI=1S/C27H31BrN2O3/c1-20(31)27(18-22-11-8-15-29-26(22)28,23-12-13-24(32-3)25(17-23)33-4)14-16-30(2)19-21-9-6-5-7-10-21/h5-13,15,17H,14,16,18-19H2,1-4H3. The Bertz CT molecular complexity index is 1070. The van der Waals surface area contributed by atoms with E-state index in [1.54, 1.807) is 27.3 Å². The molecule has 0 aliphatic rings. The fraction of sp³-hybridized carbons (Fsp3) is 0.333. The van der Waals surface area contributed by atoms with Crippen LogP contribution in [0.3, 0.4) is 0 Å². The first-order valence-electron chi connectivity index (χ1n) is 10.9. The highest BCUT2D eigenvalue weighted by Crippen LogP contribution is 2.39. The molecule has 6 heteroatoms. The van der Waals surface area contributed by atoms with Crippen molar-refractivity contribution in [1.82, 2.24) is 9.88 Å².